The lowest BCUT2D eigenvalue weighted by atomic mass is 10.2. The van der Waals surface area contributed by atoms with Crippen molar-refractivity contribution in [3.05, 3.63) is 47.4 Å². The molecule has 2 aromatic rings. The fourth-order valence-corrected chi connectivity index (χ4v) is 1.43. The molecule has 1 aromatic carbocycles. The summed E-state index contributed by atoms with van der Waals surface area (Å²) in [4.78, 5) is 11.8. The fourth-order valence-electron chi connectivity index (χ4n) is 1.43. The number of nitrogen functional groups attached to an aromatic ring is 1. The highest BCUT2D eigenvalue weighted by atomic mass is 19.1. The maximum Gasteiger partial charge on any atom is 0.276 e. The lowest BCUT2D eigenvalue weighted by molar-refractivity contribution is 0.102. The zero-order valence-corrected chi connectivity index (χ0v) is 9.64. The fraction of sp³-hybridized carbons (Fsp3) is 0.0833. The predicted molar refractivity (Wildman–Crippen MR) is 65.5 cm³/mol. The standard InChI is InChI=1S/C12H11FN4O/c1-7-3-2-4-8(13)11(7)15-12(18)9-5-6-10(14)17-16-9/h2-6H,1H3,(H2,14,17)(H,15,18). The van der Waals surface area contributed by atoms with Crippen LogP contribution in [0.25, 0.3) is 0 Å². The van der Waals surface area contributed by atoms with E-state index in [2.05, 4.69) is 15.5 Å². The minimum Gasteiger partial charge on any atom is -0.382 e. The quantitative estimate of drug-likeness (QED) is 0.846. The van der Waals surface area contributed by atoms with Crippen LogP contribution in [-0.2, 0) is 0 Å². The second-order valence-electron chi connectivity index (χ2n) is 3.73. The molecule has 6 heteroatoms. The summed E-state index contributed by atoms with van der Waals surface area (Å²) in [5, 5.41) is 9.64. The van der Waals surface area contributed by atoms with Crippen LogP contribution in [-0.4, -0.2) is 16.1 Å². The van der Waals surface area contributed by atoms with E-state index in [9.17, 15) is 9.18 Å². The summed E-state index contributed by atoms with van der Waals surface area (Å²) >= 11 is 0. The zero-order chi connectivity index (χ0) is 13.1. The summed E-state index contributed by atoms with van der Waals surface area (Å²) in [6, 6.07) is 7.43. The number of halogens is 1. The van der Waals surface area contributed by atoms with Crippen LogP contribution in [0.4, 0.5) is 15.9 Å². The van der Waals surface area contributed by atoms with E-state index in [0.29, 0.717) is 5.56 Å². The summed E-state index contributed by atoms with van der Waals surface area (Å²) < 4.78 is 13.5. The first kappa shape index (κ1) is 12.0. The van der Waals surface area contributed by atoms with Crippen molar-refractivity contribution in [2.75, 3.05) is 11.1 Å². The Kier molecular flexibility index (Phi) is 3.18. The molecular formula is C12H11FN4O. The summed E-state index contributed by atoms with van der Waals surface area (Å²) in [6.07, 6.45) is 0. The predicted octanol–water partition coefficient (Wildman–Crippen LogP) is 1.76. The number of nitrogens with one attached hydrogen (secondary N) is 1. The monoisotopic (exact) mass is 246 g/mol. The topological polar surface area (TPSA) is 80.9 Å². The minimum absolute atomic E-state index is 0.0758. The Morgan fingerprint density at radius 2 is 2.06 bits per heavy atom. The van der Waals surface area contributed by atoms with E-state index in [-0.39, 0.29) is 17.2 Å². The molecule has 1 amide bonds. The van der Waals surface area contributed by atoms with Crippen molar-refractivity contribution < 1.29 is 9.18 Å². The van der Waals surface area contributed by atoms with Crippen LogP contribution in [0.15, 0.2) is 30.3 Å². The number of benzene rings is 1. The third-order valence-electron chi connectivity index (χ3n) is 2.38. The van der Waals surface area contributed by atoms with Gasteiger partial charge in [0.1, 0.15) is 11.6 Å². The molecule has 5 nitrogen and oxygen atoms in total. The molecule has 0 aliphatic heterocycles. The van der Waals surface area contributed by atoms with E-state index in [4.69, 9.17) is 5.73 Å². The molecule has 1 aromatic heterocycles. The van der Waals surface area contributed by atoms with Gasteiger partial charge in [-0.15, -0.1) is 10.2 Å². The molecule has 0 spiro atoms. The Hall–Kier alpha value is -2.50. The first-order chi connectivity index (χ1) is 8.58. The maximum atomic E-state index is 13.5. The van der Waals surface area contributed by atoms with Gasteiger partial charge in [-0.2, -0.15) is 0 Å². The molecule has 0 aliphatic rings. The Morgan fingerprint density at radius 1 is 1.28 bits per heavy atom. The largest absolute Gasteiger partial charge is 0.382 e. The highest BCUT2D eigenvalue weighted by Crippen LogP contribution is 2.19. The van der Waals surface area contributed by atoms with E-state index in [1.54, 1.807) is 19.1 Å². The van der Waals surface area contributed by atoms with Crippen molar-refractivity contribution in [1.29, 1.82) is 0 Å². The number of para-hydroxylation sites is 1. The number of aromatic nitrogens is 2. The first-order valence-electron chi connectivity index (χ1n) is 5.23. The molecule has 1 heterocycles. The second kappa shape index (κ2) is 4.79. The lowest BCUT2D eigenvalue weighted by Gasteiger charge is -2.08. The summed E-state index contributed by atoms with van der Waals surface area (Å²) in [5.74, 6) is -0.809. The second-order valence-corrected chi connectivity index (χ2v) is 3.73. The van der Waals surface area contributed by atoms with E-state index in [1.807, 2.05) is 0 Å². The van der Waals surface area contributed by atoms with Crippen LogP contribution in [0.2, 0.25) is 0 Å². The van der Waals surface area contributed by atoms with Gasteiger partial charge in [0.25, 0.3) is 5.91 Å². The number of carbonyl (C=O) groups excluding carboxylic acids is 1. The van der Waals surface area contributed by atoms with Gasteiger partial charge in [0, 0.05) is 0 Å². The summed E-state index contributed by atoms with van der Waals surface area (Å²) in [5.41, 5.74) is 6.21. The molecule has 0 unspecified atom stereocenters. The van der Waals surface area contributed by atoms with Gasteiger partial charge in [0.05, 0.1) is 5.69 Å². The van der Waals surface area contributed by atoms with Gasteiger partial charge in [0.2, 0.25) is 0 Å². The normalized spacial score (nSPS) is 10.1. The molecule has 0 atom stereocenters. The Labute approximate surface area is 103 Å². The SMILES string of the molecule is Cc1cccc(F)c1NC(=O)c1ccc(N)nn1. The number of rotatable bonds is 2. The molecule has 92 valence electrons. The molecular weight excluding hydrogens is 235 g/mol. The maximum absolute atomic E-state index is 13.5. The van der Waals surface area contributed by atoms with Crippen LogP contribution < -0.4 is 11.1 Å². The highest BCUT2D eigenvalue weighted by molar-refractivity contribution is 6.03. The molecule has 2 rings (SSSR count). The van der Waals surface area contributed by atoms with E-state index < -0.39 is 11.7 Å². The number of anilines is 2. The van der Waals surface area contributed by atoms with Gasteiger partial charge >= 0.3 is 0 Å². The van der Waals surface area contributed by atoms with Crippen LogP contribution in [0, 0.1) is 12.7 Å². The van der Waals surface area contributed by atoms with Gasteiger partial charge in [-0.1, -0.05) is 12.1 Å². The number of hydrogen-bond donors (Lipinski definition) is 2. The Bertz CT molecular complexity index is 563. The molecule has 0 fully saturated rings. The Morgan fingerprint density at radius 3 is 2.67 bits per heavy atom. The molecule has 3 N–H and O–H groups in total. The number of carbonyl (C=O) groups is 1. The van der Waals surface area contributed by atoms with Crippen molar-refractivity contribution in [2.45, 2.75) is 6.92 Å². The third kappa shape index (κ3) is 2.42. The average Bonchev–Trinajstić information content (AvgIpc) is 2.34. The van der Waals surface area contributed by atoms with Crippen molar-refractivity contribution in [3.63, 3.8) is 0 Å². The van der Waals surface area contributed by atoms with E-state index in [0.717, 1.165) is 0 Å². The molecule has 0 saturated heterocycles. The van der Waals surface area contributed by atoms with Crippen LogP contribution in [0.3, 0.4) is 0 Å². The molecule has 0 radical (unpaired) electrons. The molecule has 0 saturated carbocycles. The number of nitrogens with two attached hydrogens (primary N) is 1. The van der Waals surface area contributed by atoms with Gasteiger partial charge in [-0.25, -0.2) is 4.39 Å². The molecule has 18 heavy (non-hydrogen) atoms. The lowest BCUT2D eigenvalue weighted by Crippen LogP contribution is -2.16. The Balaban J connectivity index is 2.24. The minimum atomic E-state index is -0.532. The first-order valence-corrected chi connectivity index (χ1v) is 5.23. The smallest absolute Gasteiger partial charge is 0.276 e. The van der Waals surface area contributed by atoms with Crippen LogP contribution in [0.5, 0.6) is 0 Å². The van der Waals surface area contributed by atoms with Gasteiger partial charge in [-0.05, 0) is 30.7 Å². The number of amides is 1. The number of nitrogens with zero attached hydrogens (tertiary/aromatic N) is 2. The molecule has 0 bridgehead atoms. The van der Waals surface area contributed by atoms with Crippen LogP contribution in [0.1, 0.15) is 16.1 Å². The van der Waals surface area contributed by atoms with Crippen molar-refractivity contribution in [3.8, 4) is 0 Å². The van der Waals surface area contributed by atoms with E-state index in [1.165, 1.54) is 18.2 Å². The summed E-state index contributed by atoms with van der Waals surface area (Å²) in [6.45, 7) is 1.70. The number of hydrogen-bond acceptors (Lipinski definition) is 4. The van der Waals surface area contributed by atoms with E-state index >= 15 is 0 Å². The zero-order valence-electron chi connectivity index (χ0n) is 9.64. The average molecular weight is 246 g/mol. The van der Waals surface area contributed by atoms with Crippen molar-refractivity contribution in [1.82, 2.24) is 10.2 Å². The third-order valence-corrected chi connectivity index (χ3v) is 2.38. The van der Waals surface area contributed by atoms with Crippen molar-refractivity contribution >= 4 is 17.4 Å². The van der Waals surface area contributed by atoms with Crippen molar-refractivity contribution in [2.24, 2.45) is 0 Å². The highest BCUT2D eigenvalue weighted by Gasteiger charge is 2.12. The van der Waals surface area contributed by atoms with Gasteiger partial charge in [-0.3, -0.25) is 4.79 Å². The van der Waals surface area contributed by atoms with Crippen LogP contribution >= 0.6 is 0 Å². The molecule has 0 aliphatic carbocycles. The van der Waals surface area contributed by atoms with Gasteiger partial charge in [0.15, 0.2) is 5.69 Å². The summed E-state index contributed by atoms with van der Waals surface area (Å²) in [7, 11) is 0. The number of aryl methyl sites for hydroxylation is 1. The van der Waals surface area contributed by atoms with Gasteiger partial charge < -0.3 is 11.1 Å².